The van der Waals surface area contributed by atoms with Crippen molar-refractivity contribution in [1.82, 2.24) is 19.1 Å². The van der Waals surface area contributed by atoms with Crippen molar-refractivity contribution in [1.29, 1.82) is 5.26 Å². The fourth-order valence-corrected chi connectivity index (χ4v) is 6.64. The van der Waals surface area contributed by atoms with Crippen molar-refractivity contribution in [2.75, 3.05) is 32.1 Å². The molecule has 1 aromatic carbocycles. The molecule has 4 rings (SSSR count). The monoisotopic (exact) mass is 475 g/mol. The molecule has 32 heavy (non-hydrogen) atoms. The molecule has 1 aliphatic heterocycles. The van der Waals surface area contributed by atoms with Crippen LogP contribution in [0.15, 0.2) is 34.3 Å². The van der Waals surface area contributed by atoms with Crippen molar-refractivity contribution in [2.45, 2.75) is 61.0 Å². The zero-order valence-corrected chi connectivity index (χ0v) is 19.8. The molecule has 0 atom stereocenters. The summed E-state index contributed by atoms with van der Waals surface area (Å²) >= 11 is 1.55. The largest absolute Gasteiger partial charge is 0.379 e. The topological polar surface area (TPSA) is 101 Å². The van der Waals surface area contributed by atoms with E-state index in [1.165, 1.54) is 17.1 Å². The molecule has 2 heterocycles. The first kappa shape index (κ1) is 23.2. The minimum absolute atomic E-state index is 0.269. The van der Waals surface area contributed by atoms with Gasteiger partial charge >= 0.3 is 0 Å². The summed E-state index contributed by atoms with van der Waals surface area (Å²) in [6.07, 6.45) is 7.36. The molecule has 1 aromatic heterocycles. The number of morpholine rings is 1. The van der Waals surface area contributed by atoms with E-state index in [4.69, 9.17) is 10.00 Å². The number of rotatable bonds is 7. The van der Waals surface area contributed by atoms with Crippen LogP contribution in [-0.2, 0) is 14.8 Å². The third-order valence-corrected chi connectivity index (χ3v) is 8.84. The molecule has 1 aliphatic carbocycles. The van der Waals surface area contributed by atoms with Crippen LogP contribution in [0.4, 0.5) is 0 Å². The maximum Gasteiger partial charge on any atom is 0.243 e. The molecule has 1 saturated carbocycles. The number of nitrogens with zero attached hydrogens (tertiary/aromatic N) is 5. The zero-order chi connectivity index (χ0) is 22.4. The van der Waals surface area contributed by atoms with Gasteiger partial charge in [0.1, 0.15) is 0 Å². The number of thioether (sulfide) groups is 1. The Bertz CT molecular complexity index is 1050. The first-order chi connectivity index (χ1) is 15.6. The third kappa shape index (κ3) is 5.17. The first-order valence-corrected chi connectivity index (χ1v) is 13.7. The Hall–Kier alpha value is -1.93. The summed E-state index contributed by atoms with van der Waals surface area (Å²) in [4.78, 5) is 0.269. The molecule has 172 valence electrons. The number of hydrogen-bond donors (Lipinski definition) is 0. The van der Waals surface area contributed by atoms with Crippen LogP contribution in [0.5, 0.6) is 0 Å². The Kier molecular flexibility index (Phi) is 7.84. The SMILES string of the molecule is N#CCCSc1nnc(-c2cccc(S(=O)(=O)N3CCOCC3)c2)n1C1CCCCCC1. The maximum absolute atomic E-state index is 13.2. The van der Waals surface area contributed by atoms with Gasteiger partial charge in [0, 0.05) is 36.9 Å². The normalized spacial score (nSPS) is 18.8. The highest BCUT2D eigenvalue weighted by Crippen LogP contribution is 2.35. The average molecular weight is 476 g/mol. The van der Waals surface area contributed by atoms with E-state index < -0.39 is 10.0 Å². The van der Waals surface area contributed by atoms with Crippen molar-refractivity contribution in [3.63, 3.8) is 0 Å². The van der Waals surface area contributed by atoms with Crippen LogP contribution < -0.4 is 0 Å². The number of hydrogen-bond acceptors (Lipinski definition) is 7. The molecule has 8 nitrogen and oxygen atoms in total. The van der Waals surface area contributed by atoms with Crippen LogP contribution in [-0.4, -0.2) is 59.5 Å². The lowest BCUT2D eigenvalue weighted by Crippen LogP contribution is -2.40. The van der Waals surface area contributed by atoms with Gasteiger partial charge in [-0.05, 0) is 25.0 Å². The van der Waals surface area contributed by atoms with Gasteiger partial charge in [-0.25, -0.2) is 8.42 Å². The Morgan fingerprint density at radius 2 is 1.88 bits per heavy atom. The Labute approximate surface area is 194 Å². The number of ether oxygens (including phenoxy) is 1. The van der Waals surface area contributed by atoms with E-state index in [1.807, 2.05) is 6.07 Å². The smallest absolute Gasteiger partial charge is 0.243 e. The lowest BCUT2D eigenvalue weighted by Gasteiger charge is -2.26. The zero-order valence-electron chi connectivity index (χ0n) is 18.1. The summed E-state index contributed by atoms with van der Waals surface area (Å²) in [5.41, 5.74) is 0.753. The van der Waals surface area contributed by atoms with Crippen molar-refractivity contribution in [2.24, 2.45) is 0 Å². The summed E-state index contributed by atoms with van der Waals surface area (Å²) in [6.45, 7) is 1.56. The van der Waals surface area contributed by atoms with Crippen molar-refractivity contribution >= 4 is 21.8 Å². The summed E-state index contributed by atoms with van der Waals surface area (Å²) in [6, 6.07) is 9.50. The Morgan fingerprint density at radius 3 is 2.59 bits per heavy atom. The highest BCUT2D eigenvalue weighted by atomic mass is 32.2. The molecular weight excluding hydrogens is 446 g/mol. The van der Waals surface area contributed by atoms with Crippen LogP contribution in [0.1, 0.15) is 51.0 Å². The number of nitriles is 1. The summed E-state index contributed by atoms with van der Waals surface area (Å²) < 4.78 is 35.3. The minimum atomic E-state index is -3.59. The lowest BCUT2D eigenvalue weighted by atomic mass is 10.1. The van der Waals surface area contributed by atoms with E-state index in [1.54, 1.807) is 30.0 Å². The molecule has 0 unspecified atom stereocenters. The molecule has 2 aliphatic rings. The quantitative estimate of drug-likeness (QED) is 0.340. The molecule has 0 amide bonds. The summed E-state index contributed by atoms with van der Waals surface area (Å²) in [5, 5.41) is 18.7. The molecule has 10 heteroatoms. The molecular formula is C22H29N5O3S2. The van der Waals surface area contributed by atoms with E-state index in [0.29, 0.717) is 44.3 Å². The Morgan fingerprint density at radius 1 is 1.12 bits per heavy atom. The highest BCUT2D eigenvalue weighted by Gasteiger charge is 2.28. The minimum Gasteiger partial charge on any atom is -0.379 e. The average Bonchev–Trinajstić information content (AvgIpc) is 3.05. The lowest BCUT2D eigenvalue weighted by molar-refractivity contribution is 0.0730. The van der Waals surface area contributed by atoms with Gasteiger partial charge in [0.25, 0.3) is 0 Å². The van der Waals surface area contributed by atoms with Crippen molar-refractivity contribution < 1.29 is 13.2 Å². The first-order valence-electron chi connectivity index (χ1n) is 11.2. The predicted octanol–water partition coefficient (Wildman–Crippen LogP) is 3.87. The van der Waals surface area contributed by atoms with E-state index in [-0.39, 0.29) is 10.9 Å². The van der Waals surface area contributed by atoms with Crippen molar-refractivity contribution in [3.8, 4) is 17.5 Å². The Balaban J connectivity index is 1.69. The molecule has 2 fully saturated rings. The van der Waals surface area contributed by atoms with Crippen LogP contribution >= 0.6 is 11.8 Å². The van der Waals surface area contributed by atoms with Crippen molar-refractivity contribution in [3.05, 3.63) is 24.3 Å². The molecule has 1 saturated heterocycles. The van der Waals surface area contributed by atoms with E-state index in [2.05, 4.69) is 20.8 Å². The number of benzene rings is 1. The molecule has 0 bridgehead atoms. The highest BCUT2D eigenvalue weighted by molar-refractivity contribution is 7.99. The number of aromatic nitrogens is 3. The molecule has 0 spiro atoms. The van der Waals surface area contributed by atoms with Gasteiger partial charge in [0.15, 0.2) is 11.0 Å². The second kappa shape index (κ2) is 10.8. The van der Waals surface area contributed by atoms with E-state index in [9.17, 15) is 8.42 Å². The van der Waals surface area contributed by atoms with Gasteiger partial charge < -0.3 is 4.74 Å². The van der Waals surface area contributed by atoms with Gasteiger partial charge in [-0.1, -0.05) is 49.6 Å². The predicted molar refractivity (Wildman–Crippen MR) is 123 cm³/mol. The second-order valence-electron chi connectivity index (χ2n) is 8.12. The number of sulfonamides is 1. The van der Waals surface area contributed by atoms with E-state index >= 15 is 0 Å². The van der Waals surface area contributed by atoms with Crippen LogP contribution in [0.2, 0.25) is 0 Å². The summed E-state index contributed by atoms with van der Waals surface area (Å²) in [7, 11) is -3.59. The van der Waals surface area contributed by atoms with Crippen LogP contribution in [0.25, 0.3) is 11.4 Å². The van der Waals surface area contributed by atoms with Crippen LogP contribution in [0.3, 0.4) is 0 Å². The summed E-state index contributed by atoms with van der Waals surface area (Å²) in [5.74, 6) is 1.36. The van der Waals surface area contributed by atoms with Crippen LogP contribution in [0, 0.1) is 11.3 Å². The molecule has 2 aromatic rings. The maximum atomic E-state index is 13.2. The van der Waals surface area contributed by atoms with Gasteiger partial charge in [-0.2, -0.15) is 9.57 Å². The van der Waals surface area contributed by atoms with E-state index in [0.717, 1.165) is 36.4 Å². The third-order valence-electron chi connectivity index (χ3n) is 6.00. The van der Waals surface area contributed by atoms with Gasteiger partial charge in [-0.3, -0.25) is 4.57 Å². The van der Waals surface area contributed by atoms with Gasteiger partial charge in [-0.15, -0.1) is 10.2 Å². The fourth-order valence-electron chi connectivity index (χ4n) is 4.34. The van der Waals surface area contributed by atoms with Gasteiger partial charge in [0.05, 0.1) is 24.2 Å². The standard InChI is InChI=1S/C22H29N5O3S2/c23-11-6-16-31-22-25-24-21(27(22)19-8-3-1-2-4-9-19)18-7-5-10-20(17-18)32(28,29)26-12-14-30-15-13-26/h5,7,10,17,19H,1-4,6,8-9,12-16H2. The molecule has 0 N–H and O–H groups in total. The molecule has 0 radical (unpaired) electrons. The fraction of sp³-hybridized carbons (Fsp3) is 0.591. The second-order valence-corrected chi connectivity index (χ2v) is 11.1. The van der Waals surface area contributed by atoms with Gasteiger partial charge in [0.2, 0.25) is 10.0 Å².